The average molecular weight is 803 g/mol. The fourth-order valence-electron chi connectivity index (χ4n) is 9.10. The molecular formula is C38H31ClF4N10O2S. The van der Waals surface area contributed by atoms with Crippen molar-refractivity contribution in [3.63, 3.8) is 0 Å². The minimum atomic E-state index is -1.70. The first-order chi connectivity index (χ1) is 27.0. The molecule has 4 aliphatic rings. The van der Waals surface area contributed by atoms with Gasteiger partial charge in [0.15, 0.2) is 5.82 Å². The Bertz CT molecular complexity index is 2610. The van der Waals surface area contributed by atoms with Crippen molar-refractivity contribution in [3.05, 3.63) is 70.0 Å². The van der Waals surface area contributed by atoms with Gasteiger partial charge in [-0.3, -0.25) is 4.90 Å². The molecule has 286 valence electrons. The predicted molar refractivity (Wildman–Crippen MR) is 201 cm³/mol. The minimum Gasteiger partial charge on any atom is -0.461 e. The van der Waals surface area contributed by atoms with Crippen LogP contribution in [0.3, 0.4) is 0 Å². The molecule has 0 radical (unpaired) electrons. The van der Waals surface area contributed by atoms with Crippen molar-refractivity contribution in [1.82, 2.24) is 29.5 Å². The number of hydrogen-bond acceptors (Lipinski definition) is 11. The zero-order chi connectivity index (χ0) is 39.1. The lowest BCUT2D eigenvalue weighted by Crippen LogP contribution is -2.69. The summed E-state index contributed by atoms with van der Waals surface area (Å²) in [6.07, 6.45) is 3.19. The van der Waals surface area contributed by atoms with Crippen LogP contribution in [0, 0.1) is 34.3 Å². The molecule has 4 fully saturated rings. The number of rotatable bonds is 5. The molecular weight excluding hydrogens is 772 g/mol. The summed E-state index contributed by atoms with van der Waals surface area (Å²) in [4.78, 5) is 28.7. The number of nitriles is 2. The SMILES string of the molecule is N#Cc1c(N)sc2c(F)ccc(-c3c(Cl)cc4c(N5CCCC6(CCN6C(=O)n6nccc6C#N)C5)nc(OC[C@@]56CCCN5CC(=C(F)F)C6)nc4c3F)c12. The quantitative estimate of drug-likeness (QED) is 0.177. The van der Waals surface area contributed by atoms with E-state index in [1.165, 1.54) is 24.4 Å². The molecule has 2 aromatic carbocycles. The van der Waals surface area contributed by atoms with E-state index < -0.39 is 34.8 Å². The van der Waals surface area contributed by atoms with Crippen molar-refractivity contribution in [2.24, 2.45) is 0 Å². The molecule has 1 spiro atoms. The van der Waals surface area contributed by atoms with Crippen LogP contribution in [0.15, 0.2) is 42.1 Å². The van der Waals surface area contributed by atoms with Gasteiger partial charge in [-0.2, -0.15) is 39.1 Å². The lowest BCUT2D eigenvalue weighted by Gasteiger charge is -2.56. The Morgan fingerprint density at radius 2 is 1.89 bits per heavy atom. The standard InChI is InChI=1S/C38H31ClF4N10O2S/c39-25-13-23-30(29(41)28(25)22-3-4-26(40)31-27(22)24(16-45)33(46)56-31)48-35(55-19-38-7-2-11-51(38)17-20(14-38)32(42)43)49-34(23)50-10-1-6-37(18-50)8-12-52(37)36(54)53-21(15-44)5-9-47-53/h3-5,9,13H,1-2,6-8,10-12,14,17-19,46H2/t37?,38-/m0/s1. The third-order valence-corrected chi connectivity index (χ3v) is 13.2. The van der Waals surface area contributed by atoms with E-state index >= 15 is 8.78 Å². The predicted octanol–water partition coefficient (Wildman–Crippen LogP) is 7.45. The van der Waals surface area contributed by atoms with Gasteiger partial charge in [0, 0.05) is 48.1 Å². The Labute approximate surface area is 325 Å². The first-order valence-corrected chi connectivity index (χ1v) is 19.2. The smallest absolute Gasteiger partial charge is 0.346 e. The third-order valence-electron chi connectivity index (χ3n) is 11.8. The van der Waals surface area contributed by atoms with Crippen molar-refractivity contribution in [2.75, 3.05) is 50.0 Å². The summed E-state index contributed by atoms with van der Waals surface area (Å²) in [6.45, 7) is 1.96. The van der Waals surface area contributed by atoms with Gasteiger partial charge in [0.1, 0.15) is 46.6 Å². The maximum Gasteiger partial charge on any atom is 0.346 e. The first-order valence-electron chi connectivity index (χ1n) is 18.0. The summed E-state index contributed by atoms with van der Waals surface area (Å²) in [6, 6.07) is 8.88. The number of nitrogens with zero attached hydrogens (tertiary/aromatic N) is 9. The lowest BCUT2D eigenvalue weighted by atomic mass is 9.78. The number of anilines is 2. The summed E-state index contributed by atoms with van der Waals surface area (Å²) in [7, 11) is 0. The average Bonchev–Trinajstić information content (AvgIpc) is 3.97. The van der Waals surface area contributed by atoms with E-state index in [4.69, 9.17) is 27.1 Å². The second-order valence-corrected chi connectivity index (χ2v) is 16.2. The molecule has 18 heteroatoms. The van der Waals surface area contributed by atoms with E-state index in [1.807, 2.05) is 21.9 Å². The number of thiophene rings is 1. The zero-order valence-electron chi connectivity index (χ0n) is 29.6. The minimum absolute atomic E-state index is 0.00671. The van der Waals surface area contributed by atoms with E-state index in [0.717, 1.165) is 28.5 Å². The molecule has 0 aliphatic carbocycles. The fraction of sp³-hybridized carbons (Fsp3) is 0.368. The Balaban J connectivity index is 1.16. The van der Waals surface area contributed by atoms with E-state index in [0.29, 0.717) is 51.9 Å². The Hall–Kier alpha value is -5.49. The number of likely N-dealkylation sites (tertiary alicyclic amines) is 1. The van der Waals surface area contributed by atoms with Crippen molar-refractivity contribution in [1.29, 1.82) is 10.5 Å². The summed E-state index contributed by atoms with van der Waals surface area (Å²) >= 11 is 7.79. The number of nitrogens with two attached hydrogens (primary N) is 1. The second-order valence-electron chi connectivity index (χ2n) is 14.8. The number of nitrogen functional groups attached to an aromatic ring is 1. The summed E-state index contributed by atoms with van der Waals surface area (Å²) in [5, 5.41) is 24.0. The van der Waals surface area contributed by atoms with Crippen LogP contribution in [-0.2, 0) is 0 Å². The molecule has 4 saturated heterocycles. The molecule has 2 N–H and O–H groups in total. The van der Waals surface area contributed by atoms with Crippen LogP contribution in [0.4, 0.5) is 33.2 Å². The topological polar surface area (TPSA) is 153 Å². The number of amides is 1. The van der Waals surface area contributed by atoms with Gasteiger partial charge in [0.25, 0.3) is 6.08 Å². The van der Waals surface area contributed by atoms with Gasteiger partial charge in [-0.25, -0.2) is 13.6 Å². The summed E-state index contributed by atoms with van der Waals surface area (Å²) < 4.78 is 67.3. The van der Waals surface area contributed by atoms with Gasteiger partial charge in [-0.15, -0.1) is 11.3 Å². The molecule has 1 unspecified atom stereocenters. The van der Waals surface area contributed by atoms with Crippen molar-refractivity contribution in [3.8, 4) is 29.3 Å². The number of halogens is 5. The van der Waals surface area contributed by atoms with Crippen LogP contribution in [0.25, 0.3) is 32.1 Å². The monoisotopic (exact) mass is 802 g/mol. The number of aromatic nitrogens is 4. The molecule has 7 heterocycles. The fourth-order valence-corrected chi connectivity index (χ4v) is 10.3. The van der Waals surface area contributed by atoms with Crippen LogP contribution >= 0.6 is 22.9 Å². The molecule has 4 aliphatic heterocycles. The number of carbonyl (C=O) groups excluding carboxylic acids is 1. The van der Waals surface area contributed by atoms with Crippen LogP contribution in [0.5, 0.6) is 6.01 Å². The molecule has 1 amide bonds. The maximum atomic E-state index is 17.3. The van der Waals surface area contributed by atoms with Gasteiger partial charge in [-0.1, -0.05) is 17.7 Å². The largest absolute Gasteiger partial charge is 0.461 e. The summed E-state index contributed by atoms with van der Waals surface area (Å²) in [5.74, 6) is -1.21. The van der Waals surface area contributed by atoms with Crippen LogP contribution in [0.1, 0.15) is 49.8 Å². The van der Waals surface area contributed by atoms with Gasteiger partial charge in [0.05, 0.1) is 32.6 Å². The molecule has 3 aromatic heterocycles. The number of hydrogen-bond donors (Lipinski definition) is 1. The molecule has 2 atom stereocenters. The number of benzene rings is 2. The van der Waals surface area contributed by atoms with E-state index in [-0.39, 0.29) is 90.4 Å². The molecule has 12 nitrogen and oxygen atoms in total. The highest BCUT2D eigenvalue weighted by Gasteiger charge is 2.51. The number of fused-ring (bicyclic) bond motifs is 3. The molecule has 9 rings (SSSR count). The van der Waals surface area contributed by atoms with Crippen molar-refractivity contribution >= 4 is 60.8 Å². The Kier molecular flexibility index (Phi) is 8.61. The molecule has 0 saturated carbocycles. The summed E-state index contributed by atoms with van der Waals surface area (Å²) in [5.41, 5.74) is 4.76. The first kappa shape index (κ1) is 36.2. The van der Waals surface area contributed by atoms with Crippen LogP contribution in [-0.4, -0.2) is 86.0 Å². The Morgan fingerprint density at radius 3 is 2.64 bits per heavy atom. The van der Waals surface area contributed by atoms with Gasteiger partial charge >= 0.3 is 12.0 Å². The maximum absolute atomic E-state index is 17.3. The highest BCUT2D eigenvalue weighted by Crippen LogP contribution is 2.48. The van der Waals surface area contributed by atoms with E-state index in [9.17, 15) is 24.1 Å². The van der Waals surface area contributed by atoms with Gasteiger partial charge in [-0.05, 0) is 68.8 Å². The van der Waals surface area contributed by atoms with E-state index in [1.54, 1.807) is 4.90 Å². The number of carbonyl (C=O) groups is 1. The second kappa shape index (κ2) is 13.3. The lowest BCUT2D eigenvalue weighted by molar-refractivity contribution is 0.0117. The number of piperidine rings is 1. The van der Waals surface area contributed by atoms with Crippen molar-refractivity contribution in [2.45, 2.75) is 49.6 Å². The zero-order valence-corrected chi connectivity index (χ0v) is 31.2. The van der Waals surface area contributed by atoms with Gasteiger partial charge < -0.3 is 20.3 Å². The Morgan fingerprint density at radius 1 is 1.07 bits per heavy atom. The van der Waals surface area contributed by atoms with Gasteiger partial charge in [0.2, 0.25) is 0 Å². The molecule has 56 heavy (non-hydrogen) atoms. The third kappa shape index (κ3) is 5.47. The molecule has 0 bridgehead atoms. The highest BCUT2D eigenvalue weighted by molar-refractivity contribution is 7.23. The highest BCUT2D eigenvalue weighted by atomic mass is 35.5. The van der Waals surface area contributed by atoms with E-state index in [2.05, 4.69) is 10.1 Å². The molecule has 5 aromatic rings. The normalized spacial score (nSPS) is 22.1. The van der Waals surface area contributed by atoms with Crippen LogP contribution < -0.4 is 15.4 Å². The van der Waals surface area contributed by atoms with Crippen LogP contribution in [0.2, 0.25) is 5.02 Å². The van der Waals surface area contributed by atoms with Crippen molar-refractivity contribution < 1.29 is 27.1 Å². The number of ether oxygens (including phenoxy) is 1.